The number of benzene rings is 2. The maximum Gasteiger partial charge on any atom is 0.264 e. The zero-order valence-corrected chi connectivity index (χ0v) is 14.2. The van der Waals surface area contributed by atoms with Crippen LogP contribution < -0.4 is 4.74 Å². The van der Waals surface area contributed by atoms with Crippen LogP contribution in [0.2, 0.25) is 0 Å². The molecule has 0 aliphatic carbocycles. The van der Waals surface area contributed by atoms with Crippen molar-refractivity contribution in [1.82, 2.24) is 4.90 Å². The first-order valence-corrected chi connectivity index (χ1v) is 8.06. The molecule has 25 heavy (non-hydrogen) atoms. The predicted octanol–water partition coefficient (Wildman–Crippen LogP) is 3.26. The molecule has 5 heteroatoms. The van der Waals surface area contributed by atoms with E-state index in [0.29, 0.717) is 23.3 Å². The molecule has 1 heterocycles. The average Bonchev–Trinajstić information content (AvgIpc) is 2.65. The number of carbonyl (C=O) groups excluding carboxylic acids is 2. The second-order valence-electron chi connectivity index (χ2n) is 5.58. The Morgan fingerprint density at radius 1 is 0.960 bits per heavy atom. The summed E-state index contributed by atoms with van der Waals surface area (Å²) in [5.74, 6) is 0.0698. The van der Waals surface area contributed by atoms with Gasteiger partial charge in [0.25, 0.3) is 11.8 Å². The molecule has 2 amide bonds. The van der Waals surface area contributed by atoms with Gasteiger partial charge in [0.2, 0.25) is 0 Å². The Balaban J connectivity index is 1.96. The fraction of sp³-hybridized carbons (Fsp3) is 0.200. The molecule has 0 bridgehead atoms. The molecule has 0 spiro atoms. The molecule has 0 atom stereocenters. The van der Waals surface area contributed by atoms with Crippen LogP contribution >= 0.6 is 0 Å². The Hall–Kier alpha value is -3.08. The van der Waals surface area contributed by atoms with Crippen LogP contribution in [0.5, 0.6) is 5.75 Å². The van der Waals surface area contributed by atoms with Crippen molar-refractivity contribution >= 4 is 17.4 Å². The molecule has 128 valence electrons. The normalized spacial score (nSPS) is 15.3. The molecule has 0 radical (unpaired) electrons. The number of methoxy groups -OCH3 is 1. The topological polar surface area (TPSA) is 55.8 Å². The molecule has 2 aromatic rings. The zero-order chi connectivity index (χ0) is 17.8. The van der Waals surface area contributed by atoms with Gasteiger partial charge in [-0.1, -0.05) is 30.3 Å². The highest BCUT2D eigenvalue weighted by Crippen LogP contribution is 2.30. The largest absolute Gasteiger partial charge is 0.501 e. The number of amides is 2. The minimum Gasteiger partial charge on any atom is -0.501 e. The van der Waals surface area contributed by atoms with E-state index in [9.17, 15) is 9.59 Å². The lowest BCUT2D eigenvalue weighted by Gasteiger charge is -2.28. The lowest BCUT2D eigenvalue weighted by molar-refractivity contribution is -0.123. The number of hydrogen-bond donors (Lipinski definition) is 0. The zero-order valence-electron chi connectivity index (χ0n) is 14.2. The Morgan fingerprint density at radius 2 is 1.64 bits per heavy atom. The van der Waals surface area contributed by atoms with Gasteiger partial charge in [0, 0.05) is 11.1 Å². The number of carbonyl (C=O) groups is 2. The van der Waals surface area contributed by atoms with Gasteiger partial charge in [-0.15, -0.1) is 0 Å². The van der Waals surface area contributed by atoms with Gasteiger partial charge in [-0.05, 0) is 30.7 Å². The summed E-state index contributed by atoms with van der Waals surface area (Å²) in [6.07, 6.45) is 1.44. The highest BCUT2D eigenvalue weighted by atomic mass is 16.5. The fourth-order valence-corrected chi connectivity index (χ4v) is 2.74. The van der Waals surface area contributed by atoms with Crippen LogP contribution in [0, 0.1) is 0 Å². The van der Waals surface area contributed by atoms with E-state index in [-0.39, 0.29) is 18.4 Å². The number of hydrogen-bond acceptors (Lipinski definition) is 4. The van der Waals surface area contributed by atoms with Crippen molar-refractivity contribution in [3.05, 3.63) is 71.5 Å². The second-order valence-corrected chi connectivity index (χ2v) is 5.58. The van der Waals surface area contributed by atoms with E-state index in [4.69, 9.17) is 9.47 Å². The number of fused-ring (bicyclic) bond motifs is 1. The van der Waals surface area contributed by atoms with Crippen molar-refractivity contribution in [2.24, 2.45) is 0 Å². The van der Waals surface area contributed by atoms with Crippen LogP contribution in [0.3, 0.4) is 0 Å². The smallest absolute Gasteiger partial charge is 0.264 e. The lowest BCUT2D eigenvalue weighted by atomic mass is 9.94. The molecule has 3 rings (SSSR count). The van der Waals surface area contributed by atoms with Gasteiger partial charge in [-0.3, -0.25) is 14.5 Å². The molecule has 0 fully saturated rings. The van der Waals surface area contributed by atoms with Gasteiger partial charge < -0.3 is 9.47 Å². The van der Waals surface area contributed by atoms with Crippen LogP contribution in [0.1, 0.15) is 28.4 Å². The molecular formula is C20H19NO4. The monoisotopic (exact) mass is 337 g/mol. The average molecular weight is 337 g/mol. The maximum atomic E-state index is 12.9. The van der Waals surface area contributed by atoms with Gasteiger partial charge in [0.05, 0.1) is 32.1 Å². The quantitative estimate of drug-likeness (QED) is 0.477. The van der Waals surface area contributed by atoms with Gasteiger partial charge in [0.1, 0.15) is 5.75 Å². The first kappa shape index (κ1) is 16.8. The van der Waals surface area contributed by atoms with E-state index < -0.39 is 0 Å². The van der Waals surface area contributed by atoms with Crippen molar-refractivity contribution in [2.75, 3.05) is 13.7 Å². The third-order valence-electron chi connectivity index (χ3n) is 4.04. The lowest BCUT2D eigenvalue weighted by Crippen LogP contribution is -2.41. The fourth-order valence-electron chi connectivity index (χ4n) is 2.74. The van der Waals surface area contributed by atoms with Crippen LogP contribution in [0.4, 0.5) is 0 Å². The highest BCUT2D eigenvalue weighted by molar-refractivity contribution is 6.30. The van der Waals surface area contributed by atoms with Crippen molar-refractivity contribution in [3.63, 3.8) is 0 Å². The first-order valence-electron chi connectivity index (χ1n) is 8.06. The van der Waals surface area contributed by atoms with E-state index in [1.165, 1.54) is 11.2 Å². The van der Waals surface area contributed by atoms with Crippen molar-refractivity contribution in [2.45, 2.75) is 13.5 Å². The summed E-state index contributed by atoms with van der Waals surface area (Å²) in [4.78, 5) is 26.9. The van der Waals surface area contributed by atoms with E-state index in [0.717, 1.165) is 11.3 Å². The van der Waals surface area contributed by atoms with Gasteiger partial charge in [-0.2, -0.15) is 0 Å². The standard InChI is InChI=1S/C20H19NO4/c1-3-25-13-18-16-6-4-5-7-17(16)19(22)21(20(18)23)12-14-8-10-15(24-2)11-9-14/h4-11,13H,3,12H2,1-2H3/b18-13+. The molecule has 0 saturated carbocycles. The predicted molar refractivity (Wildman–Crippen MR) is 93.9 cm³/mol. The maximum absolute atomic E-state index is 12.9. The SMILES string of the molecule is CCO/C=C1/C(=O)N(Cc2ccc(OC)cc2)C(=O)c2ccccc21. The van der Waals surface area contributed by atoms with Crippen LogP contribution in [-0.4, -0.2) is 30.4 Å². The van der Waals surface area contributed by atoms with Gasteiger partial charge in [-0.25, -0.2) is 0 Å². The summed E-state index contributed by atoms with van der Waals surface area (Å²) < 4.78 is 10.5. The summed E-state index contributed by atoms with van der Waals surface area (Å²) in [7, 11) is 1.59. The molecule has 1 aliphatic heterocycles. The Bertz CT molecular complexity index is 824. The Labute approximate surface area is 146 Å². The van der Waals surface area contributed by atoms with Crippen molar-refractivity contribution in [3.8, 4) is 5.75 Å². The summed E-state index contributed by atoms with van der Waals surface area (Å²) >= 11 is 0. The van der Waals surface area contributed by atoms with E-state index in [1.54, 1.807) is 43.5 Å². The molecule has 1 aliphatic rings. The molecule has 0 unspecified atom stereocenters. The molecule has 2 aromatic carbocycles. The van der Waals surface area contributed by atoms with E-state index >= 15 is 0 Å². The van der Waals surface area contributed by atoms with Crippen LogP contribution in [0.15, 0.2) is 54.8 Å². The summed E-state index contributed by atoms with van der Waals surface area (Å²) in [5.41, 5.74) is 2.35. The minimum atomic E-state index is -0.354. The van der Waals surface area contributed by atoms with E-state index in [1.807, 2.05) is 19.1 Å². The molecular weight excluding hydrogens is 318 g/mol. The molecule has 0 aromatic heterocycles. The Morgan fingerprint density at radius 3 is 2.28 bits per heavy atom. The summed E-state index contributed by atoms with van der Waals surface area (Å²) in [5, 5.41) is 0. The minimum absolute atomic E-state index is 0.194. The molecule has 0 saturated heterocycles. The number of ether oxygens (including phenoxy) is 2. The van der Waals surface area contributed by atoms with Crippen molar-refractivity contribution < 1.29 is 19.1 Å². The molecule has 5 nitrogen and oxygen atoms in total. The number of imide groups is 1. The summed E-state index contributed by atoms with van der Waals surface area (Å²) in [6.45, 7) is 2.49. The number of nitrogens with zero attached hydrogens (tertiary/aromatic N) is 1. The van der Waals surface area contributed by atoms with Gasteiger partial charge in [0.15, 0.2) is 0 Å². The number of rotatable bonds is 5. The Kier molecular flexibility index (Phi) is 4.84. The second kappa shape index (κ2) is 7.21. The summed E-state index contributed by atoms with van der Waals surface area (Å²) in [6, 6.07) is 14.4. The van der Waals surface area contributed by atoms with E-state index in [2.05, 4.69) is 0 Å². The third kappa shape index (κ3) is 3.26. The highest BCUT2D eigenvalue weighted by Gasteiger charge is 2.34. The first-order chi connectivity index (χ1) is 12.2. The van der Waals surface area contributed by atoms with Crippen LogP contribution in [0.25, 0.3) is 5.57 Å². The van der Waals surface area contributed by atoms with Gasteiger partial charge >= 0.3 is 0 Å². The third-order valence-corrected chi connectivity index (χ3v) is 4.04. The molecule has 0 N–H and O–H groups in total. The van der Waals surface area contributed by atoms with Crippen molar-refractivity contribution in [1.29, 1.82) is 0 Å². The van der Waals surface area contributed by atoms with Crippen LogP contribution in [-0.2, 0) is 16.1 Å².